The van der Waals surface area contributed by atoms with Crippen molar-refractivity contribution in [3.05, 3.63) is 99.6 Å². The summed E-state index contributed by atoms with van der Waals surface area (Å²) in [5.41, 5.74) is -2.26. The first-order valence-corrected chi connectivity index (χ1v) is 13.3. The average Bonchev–Trinajstić information content (AvgIpc) is 2.94. The van der Waals surface area contributed by atoms with Crippen LogP contribution in [0.3, 0.4) is 0 Å². The predicted octanol–water partition coefficient (Wildman–Crippen LogP) is 7.99. The molecule has 6 nitrogen and oxygen atoms in total. The molecule has 0 aliphatic heterocycles. The van der Waals surface area contributed by atoms with Crippen molar-refractivity contribution in [2.45, 2.75) is 52.0 Å². The van der Waals surface area contributed by atoms with Crippen LogP contribution in [-0.4, -0.2) is 27.0 Å². The van der Waals surface area contributed by atoms with E-state index >= 15 is 0 Å². The van der Waals surface area contributed by atoms with Gasteiger partial charge in [0.15, 0.2) is 0 Å². The van der Waals surface area contributed by atoms with E-state index in [1.165, 1.54) is 9.47 Å². The number of urea groups is 1. The SMILES string of the molecule is CCc1ccc(-n2c(C(CC)N(CC)C(=O)Nc3cc(C(F)(F)F)cc(C(F)(F)F)c3)nc3ccccc3c2=O)cc1. The van der Waals surface area contributed by atoms with Crippen molar-refractivity contribution in [2.24, 2.45) is 0 Å². The standard InChI is InChI=1S/C30H28F6N4O2/c1-4-18-11-13-22(14-12-18)40-26(38-24-10-8-7-9-23(24)27(40)41)25(5-2)39(6-3)28(42)37-21-16-19(29(31,32)33)15-20(17-21)30(34,35)36/h7-17,25H,4-6H2,1-3H3,(H,37,42). The zero-order chi connectivity index (χ0) is 30.8. The summed E-state index contributed by atoms with van der Waals surface area (Å²) in [6.45, 7) is 5.33. The number of benzene rings is 3. The first kappa shape index (κ1) is 30.6. The van der Waals surface area contributed by atoms with Gasteiger partial charge in [0, 0.05) is 12.2 Å². The van der Waals surface area contributed by atoms with E-state index in [0.29, 0.717) is 28.7 Å². The molecule has 0 aliphatic carbocycles. The van der Waals surface area contributed by atoms with Crippen LogP contribution >= 0.6 is 0 Å². The number of aromatic nitrogens is 2. The van der Waals surface area contributed by atoms with Crippen molar-refractivity contribution in [3.8, 4) is 5.69 Å². The highest BCUT2D eigenvalue weighted by Gasteiger charge is 2.37. The van der Waals surface area contributed by atoms with Crippen molar-refractivity contribution >= 4 is 22.6 Å². The third kappa shape index (κ3) is 6.27. The van der Waals surface area contributed by atoms with E-state index in [4.69, 9.17) is 4.98 Å². The highest BCUT2D eigenvalue weighted by molar-refractivity contribution is 5.90. The Morgan fingerprint density at radius 1 is 0.905 bits per heavy atom. The summed E-state index contributed by atoms with van der Waals surface area (Å²) in [5, 5.41) is 2.54. The molecule has 0 spiro atoms. The second-order valence-corrected chi connectivity index (χ2v) is 9.58. The molecule has 2 amide bonds. The Balaban J connectivity index is 1.82. The number of anilines is 1. The lowest BCUT2D eigenvalue weighted by Crippen LogP contribution is -2.40. The second-order valence-electron chi connectivity index (χ2n) is 9.58. The van der Waals surface area contributed by atoms with Gasteiger partial charge in [-0.15, -0.1) is 0 Å². The maximum Gasteiger partial charge on any atom is 0.416 e. The molecule has 1 heterocycles. The smallest absolute Gasteiger partial charge is 0.315 e. The quantitative estimate of drug-likeness (QED) is 0.222. The highest BCUT2D eigenvalue weighted by Crippen LogP contribution is 2.38. The van der Waals surface area contributed by atoms with Crippen LogP contribution in [0.5, 0.6) is 0 Å². The monoisotopic (exact) mass is 590 g/mol. The van der Waals surface area contributed by atoms with Crippen LogP contribution in [0.15, 0.2) is 71.5 Å². The number of carbonyl (C=O) groups is 1. The summed E-state index contributed by atoms with van der Waals surface area (Å²) < 4.78 is 81.7. The lowest BCUT2D eigenvalue weighted by Gasteiger charge is -2.31. The number of nitrogens with one attached hydrogen (secondary N) is 1. The summed E-state index contributed by atoms with van der Waals surface area (Å²) in [7, 11) is 0. The van der Waals surface area contributed by atoms with E-state index in [1.54, 1.807) is 50.2 Å². The second kappa shape index (κ2) is 11.9. The molecule has 0 bridgehead atoms. The van der Waals surface area contributed by atoms with Crippen LogP contribution in [0.25, 0.3) is 16.6 Å². The fourth-order valence-corrected chi connectivity index (χ4v) is 4.77. The molecule has 3 aromatic carbocycles. The average molecular weight is 591 g/mol. The fourth-order valence-electron chi connectivity index (χ4n) is 4.77. The molecule has 0 saturated carbocycles. The van der Waals surface area contributed by atoms with Gasteiger partial charge in [-0.05, 0) is 67.8 Å². The van der Waals surface area contributed by atoms with E-state index in [-0.39, 0.29) is 30.4 Å². The summed E-state index contributed by atoms with van der Waals surface area (Å²) in [5.74, 6) is 0.197. The summed E-state index contributed by atoms with van der Waals surface area (Å²) in [6, 6.07) is 13.0. The van der Waals surface area contributed by atoms with Gasteiger partial charge in [-0.2, -0.15) is 26.3 Å². The number of hydrogen-bond acceptors (Lipinski definition) is 3. The van der Waals surface area contributed by atoms with Crippen LogP contribution in [0, 0.1) is 0 Å². The number of rotatable bonds is 7. The van der Waals surface area contributed by atoms with Crippen LogP contribution in [0.4, 0.5) is 36.8 Å². The van der Waals surface area contributed by atoms with Crippen molar-refractivity contribution < 1.29 is 31.1 Å². The molecule has 0 fully saturated rings. The van der Waals surface area contributed by atoms with Gasteiger partial charge < -0.3 is 10.2 Å². The Labute approximate surface area is 237 Å². The molecule has 0 saturated heterocycles. The van der Waals surface area contributed by atoms with Gasteiger partial charge in [-0.1, -0.05) is 38.1 Å². The normalized spacial score (nSPS) is 12.8. The zero-order valence-electron chi connectivity index (χ0n) is 23.0. The largest absolute Gasteiger partial charge is 0.416 e. The number of nitrogens with zero attached hydrogens (tertiary/aromatic N) is 3. The fraction of sp³-hybridized carbons (Fsp3) is 0.300. The van der Waals surface area contributed by atoms with Crippen molar-refractivity contribution in [2.75, 3.05) is 11.9 Å². The van der Waals surface area contributed by atoms with E-state index in [1.807, 2.05) is 19.1 Å². The molecule has 0 radical (unpaired) electrons. The maximum absolute atomic E-state index is 13.8. The van der Waals surface area contributed by atoms with Crippen LogP contribution in [0.1, 0.15) is 55.7 Å². The number of para-hydroxylation sites is 1. The molecule has 1 unspecified atom stereocenters. The van der Waals surface area contributed by atoms with Gasteiger partial charge in [0.2, 0.25) is 0 Å². The minimum atomic E-state index is -5.07. The first-order valence-electron chi connectivity index (χ1n) is 13.3. The van der Waals surface area contributed by atoms with Crippen molar-refractivity contribution in [3.63, 3.8) is 0 Å². The number of hydrogen-bond donors (Lipinski definition) is 1. The van der Waals surface area contributed by atoms with Gasteiger partial charge in [-0.25, -0.2) is 9.78 Å². The van der Waals surface area contributed by atoms with E-state index in [9.17, 15) is 35.9 Å². The van der Waals surface area contributed by atoms with Gasteiger partial charge in [0.25, 0.3) is 5.56 Å². The van der Waals surface area contributed by atoms with Gasteiger partial charge in [0.05, 0.1) is 33.8 Å². The number of amides is 2. The molecule has 1 aromatic heterocycles. The lowest BCUT2D eigenvalue weighted by molar-refractivity contribution is -0.143. The molecule has 1 atom stereocenters. The van der Waals surface area contributed by atoms with Gasteiger partial charge in [-0.3, -0.25) is 9.36 Å². The predicted molar refractivity (Wildman–Crippen MR) is 148 cm³/mol. The van der Waals surface area contributed by atoms with Crippen LogP contribution < -0.4 is 10.9 Å². The topological polar surface area (TPSA) is 67.2 Å². The molecule has 1 N–H and O–H groups in total. The van der Waals surface area contributed by atoms with Crippen molar-refractivity contribution in [1.29, 1.82) is 0 Å². The molecular formula is C30H28F6N4O2. The summed E-state index contributed by atoms with van der Waals surface area (Å²) >= 11 is 0. The molecule has 4 rings (SSSR count). The van der Waals surface area contributed by atoms with Crippen LogP contribution in [0.2, 0.25) is 0 Å². The summed E-state index contributed by atoms with van der Waals surface area (Å²) in [6.07, 6.45) is -9.15. The Bertz CT molecular complexity index is 1610. The number of carbonyl (C=O) groups excluding carboxylic acids is 1. The Morgan fingerprint density at radius 2 is 1.50 bits per heavy atom. The van der Waals surface area contributed by atoms with E-state index < -0.39 is 41.2 Å². The molecular weight excluding hydrogens is 562 g/mol. The van der Waals surface area contributed by atoms with Crippen LogP contribution in [-0.2, 0) is 18.8 Å². The maximum atomic E-state index is 13.8. The number of halogens is 6. The molecule has 42 heavy (non-hydrogen) atoms. The third-order valence-corrected chi connectivity index (χ3v) is 6.91. The minimum absolute atomic E-state index is 0.00684. The summed E-state index contributed by atoms with van der Waals surface area (Å²) in [4.78, 5) is 33.2. The third-order valence-electron chi connectivity index (χ3n) is 6.91. The lowest BCUT2D eigenvalue weighted by atomic mass is 10.1. The molecule has 12 heteroatoms. The minimum Gasteiger partial charge on any atom is -0.315 e. The van der Waals surface area contributed by atoms with E-state index in [0.717, 1.165) is 12.0 Å². The molecule has 222 valence electrons. The van der Waals surface area contributed by atoms with Gasteiger partial charge in [0.1, 0.15) is 5.82 Å². The number of aryl methyl sites for hydroxylation is 1. The zero-order valence-corrected chi connectivity index (χ0v) is 23.0. The Kier molecular flexibility index (Phi) is 8.65. The van der Waals surface area contributed by atoms with Gasteiger partial charge >= 0.3 is 18.4 Å². The molecule has 0 aliphatic rings. The highest BCUT2D eigenvalue weighted by atomic mass is 19.4. The van der Waals surface area contributed by atoms with Crippen molar-refractivity contribution in [1.82, 2.24) is 14.5 Å². The Morgan fingerprint density at radius 3 is 2.02 bits per heavy atom. The first-order chi connectivity index (χ1) is 19.8. The van der Waals surface area contributed by atoms with E-state index in [2.05, 4.69) is 5.32 Å². The molecule has 4 aromatic rings. The number of fused-ring (bicyclic) bond motifs is 1. The number of alkyl halides is 6. The Hall–Kier alpha value is -4.35.